The first-order chi connectivity index (χ1) is 12.0. The molecule has 0 heterocycles. The van der Waals surface area contributed by atoms with Gasteiger partial charge in [-0.25, -0.2) is 9.59 Å². The molecule has 0 saturated heterocycles. The number of benzene rings is 2. The van der Waals surface area contributed by atoms with Crippen LogP contribution in [0.2, 0.25) is 0 Å². The van der Waals surface area contributed by atoms with Crippen LogP contribution in [0.1, 0.15) is 20.7 Å². The number of amides is 1. The Kier molecular flexibility index (Phi) is 6.11. The molecule has 2 aromatic carbocycles. The molecule has 0 atom stereocenters. The molecule has 1 amide bonds. The molecular formula is C18H17NO6. The molecule has 0 spiro atoms. The van der Waals surface area contributed by atoms with E-state index < -0.39 is 24.5 Å². The van der Waals surface area contributed by atoms with Crippen molar-refractivity contribution in [3.8, 4) is 5.75 Å². The Morgan fingerprint density at radius 2 is 1.60 bits per heavy atom. The van der Waals surface area contributed by atoms with Gasteiger partial charge in [-0.3, -0.25) is 4.79 Å². The number of nitrogens with one attached hydrogen (secondary N) is 1. The zero-order valence-electron chi connectivity index (χ0n) is 13.8. The average Bonchev–Trinajstić information content (AvgIpc) is 2.66. The predicted molar refractivity (Wildman–Crippen MR) is 89.7 cm³/mol. The number of hydrogen-bond donors (Lipinski definition) is 1. The highest BCUT2D eigenvalue weighted by Crippen LogP contribution is 2.16. The summed E-state index contributed by atoms with van der Waals surface area (Å²) in [6, 6.07) is 12.7. The molecule has 0 fully saturated rings. The maximum atomic E-state index is 12.0. The van der Waals surface area contributed by atoms with Crippen LogP contribution in [-0.2, 0) is 14.3 Å². The van der Waals surface area contributed by atoms with E-state index in [1.54, 1.807) is 30.3 Å². The Hall–Kier alpha value is -3.35. The zero-order valence-corrected chi connectivity index (χ0v) is 13.8. The number of para-hydroxylation sites is 1. The van der Waals surface area contributed by atoms with Crippen molar-refractivity contribution in [2.45, 2.75) is 0 Å². The van der Waals surface area contributed by atoms with Gasteiger partial charge in [0.25, 0.3) is 5.91 Å². The van der Waals surface area contributed by atoms with E-state index in [2.05, 4.69) is 10.1 Å². The summed E-state index contributed by atoms with van der Waals surface area (Å²) in [5.41, 5.74) is 0.781. The zero-order chi connectivity index (χ0) is 18.2. The number of carbonyl (C=O) groups is 3. The van der Waals surface area contributed by atoms with Gasteiger partial charge >= 0.3 is 11.9 Å². The third-order valence-electron chi connectivity index (χ3n) is 3.27. The second kappa shape index (κ2) is 8.49. The fourth-order valence-corrected chi connectivity index (χ4v) is 2.01. The van der Waals surface area contributed by atoms with E-state index in [9.17, 15) is 14.4 Å². The molecule has 0 aliphatic carbocycles. The molecule has 25 heavy (non-hydrogen) atoms. The summed E-state index contributed by atoms with van der Waals surface area (Å²) in [7, 11) is 2.77. The molecule has 2 rings (SSSR count). The lowest BCUT2D eigenvalue weighted by Crippen LogP contribution is -2.22. The first-order valence-corrected chi connectivity index (χ1v) is 7.33. The second-order valence-corrected chi connectivity index (χ2v) is 4.89. The summed E-state index contributed by atoms with van der Waals surface area (Å²) in [5, 5.41) is 2.51. The molecule has 0 aliphatic rings. The van der Waals surface area contributed by atoms with Gasteiger partial charge in [-0.05, 0) is 36.4 Å². The first-order valence-electron chi connectivity index (χ1n) is 7.33. The van der Waals surface area contributed by atoms with Gasteiger partial charge in [0.15, 0.2) is 6.61 Å². The van der Waals surface area contributed by atoms with Crippen molar-refractivity contribution in [2.75, 3.05) is 26.1 Å². The van der Waals surface area contributed by atoms with Gasteiger partial charge in [0.2, 0.25) is 0 Å². The van der Waals surface area contributed by atoms with Crippen molar-refractivity contribution in [3.63, 3.8) is 0 Å². The van der Waals surface area contributed by atoms with Crippen LogP contribution in [-0.4, -0.2) is 38.7 Å². The van der Waals surface area contributed by atoms with Crippen LogP contribution in [0.5, 0.6) is 5.75 Å². The second-order valence-electron chi connectivity index (χ2n) is 4.89. The van der Waals surface area contributed by atoms with Crippen molar-refractivity contribution in [3.05, 3.63) is 59.7 Å². The molecule has 0 unspecified atom stereocenters. The van der Waals surface area contributed by atoms with Gasteiger partial charge in [-0.2, -0.15) is 0 Å². The van der Waals surface area contributed by atoms with E-state index in [4.69, 9.17) is 9.47 Å². The lowest BCUT2D eigenvalue weighted by molar-refractivity contribution is -0.119. The van der Waals surface area contributed by atoms with E-state index in [-0.39, 0.29) is 11.3 Å². The molecule has 7 nitrogen and oxygen atoms in total. The number of rotatable bonds is 6. The highest BCUT2D eigenvalue weighted by atomic mass is 16.5. The van der Waals surface area contributed by atoms with E-state index in [1.165, 1.54) is 32.4 Å². The highest BCUT2D eigenvalue weighted by Gasteiger charge is 2.15. The van der Waals surface area contributed by atoms with Crippen molar-refractivity contribution in [1.29, 1.82) is 0 Å². The lowest BCUT2D eigenvalue weighted by atomic mass is 10.2. The minimum atomic E-state index is -0.640. The Bertz CT molecular complexity index is 769. The van der Waals surface area contributed by atoms with E-state index in [0.29, 0.717) is 11.3 Å². The third kappa shape index (κ3) is 4.81. The molecule has 0 radical (unpaired) electrons. The summed E-state index contributed by atoms with van der Waals surface area (Å²) in [5.74, 6) is -1.18. The van der Waals surface area contributed by atoms with Gasteiger partial charge in [0.1, 0.15) is 5.75 Å². The maximum absolute atomic E-state index is 12.0. The Morgan fingerprint density at radius 1 is 0.920 bits per heavy atom. The normalized spacial score (nSPS) is 9.84. The topological polar surface area (TPSA) is 90.9 Å². The Labute approximate surface area is 144 Å². The monoisotopic (exact) mass is 343 g/mol. The maximum Gasteiger partial charge on any atom is 0.339 e. The van der Waals surface area contributed by atoms with Crippen molar-refractivity contribution >= 4 is 23.5 Å². The first kappa shape index (κ1) is 18.0. The molecule has 0 aliphatic heterocycles. The van der Waals surface area contributed by atoms with E-state index in [1.807, 2.05) is 0 Å². The highest BCUT2D eigenvalue weighted by molar-refractivity contribution is 6.02. The lowest BCUT2D eigenvalue weighted by Gasteiger charge is -2.10. The Morgan fingerprint density at radius 3 is 2.24 bits per heavy atom. The number of ether oxygens (including phenoxy) is 3. The number of methoxy groups -OCH3 is 2. The molecular weight excluding hydrogens is 326 g/mol. The smallest absolute Gasteiger partial charge is 0.339 e. The number of carbonyl (C=O) groups excluding carboxylic acids is 3. The summed E-state index contributed by atoms with van der Waals surface area (Å²) in [6.45, 7) is -0.486. The molecule has 0 bridgehead atoms. The van der Waals surface area contributed by atoms with Crippen molar-refractivity contribution < 1.29 is 28.6 Å². The largest absolute Gasteiger partial charge is 0.497 e. The SMILES string of the molecule is COC(=O)c1ccccc1NC(=O)COC(=O)c1ccc(OC)cc1. The Balaban J connectivity index is 1.94. The summed E-state index contributed by atoms with van der Waals surface area (Å²) in [6.07, 6.45) is 0. The van der Waals surface area contributed by atoms with E-state index >= 15 is 0 Å². The van der Waals surface area contributed by atoms with Gasteiger partial charge in [-0.1, -0.05) is 12.1 Å². The molecule has 1 N–H and O–H groups in total. The van der Waals surface area contributed by atoms with Crippen molar-refractivity contribution in [2.24, 2.45) is 0 Å². The molecule has 2 aromatic rings. The molecule has 0 aromatic heterocycles. The van der Waals surface area contributed by atoms with Crippen LogP contribution in [0.4, 0.5) is 5.69 Å². The van der Waals surface area contributed by atoms with Crippen LogP contribution in [0.3, 0.4) is 0 Å². The number of anilines is 1. The standard InChI is InChI=1S/C18H17NO6/c1-23-13-9-7-12(8-10-13)17(21)25-11-16(20)19-15-6-4-3-5-14(15)18(22)24-2/h3-10H,11H2,1-2H3,(H,19,20). The third-order valence-corrected chi connectivity index (χ3v) is 3.27. The van der Waals surface area contributed by atoms with Crippen LogP contribution in [0.15, 0.2) is 48.5 Å². The molecule has 130 valence electrons. The van der Waals surface area contributed by atoms with Crippen LogP contribution >= 0.6 is 0 Å². The van der Waals surface area contributed by atoms with Crippen LogP contribution < -0.4 is 10.1 Å². The van der Waals surface area contributed by atoms with Crippen LogP contribution in [0.25, 0.3) is 0 Å². The van der Waals surface area contributed by atoms with Gasteiger partial charge in [0, 0.05) is 0 Å². The molecule has 0 saturated carbocycles. The fraction of sp³-hybridized carbons (Fsp3) is 0.167. The average molecular weight is 343 g/mol. The van der Waals surface area contributed by atoms with Gasteiger partial charge in [-0.15, -0.1) is 0 Å². The van der Waals surface area contributed by atoms with Gasteiger partial charge in [0.05, 0.1) is 31.0 Å². The quantitative estimate of drug-likeness (QED) is 0.809. The summed E-state index contributed by atoms with van der Waals surface area (Å²) < 4.78 is 14.6. The minimum absolute atomic E-state index is 0.208. The summed E-state index contributed by atoms with van der Waals surface area (Å²) >= 11 is 0. The molecule has 7 heteroatoms. The van der Waals surface area contributed by atoms with Crippen LogP contribution in [0, 0.1) is 0 Å². The van der Waals surface area contributed by atoms with Gasteiger partial charge < -0.3 is 19.5 Å². The number of esters is 2. The minimum Gasteiger partial charge on any atom is -0.497 e. The van der Waals surface area contributed by atoms with E-state index in [0.717, 1.165) is 0 Å². The number of hydrogen-bond acceptors (Lipinski definition) is 6. The summed E-state index contributed by atoms with van der Waals surface area (Å²) in [4.78, 5) is 35.5. The predicted octanol–water partition coefficient (Wildman–Crippen LogP) is 2.28. The van der Waals surface area contributed by atoms with Crippen molar-refractivity contribution in [1.82, 2.24) is 0 Å². The fourth-order valence-electron chi connectivity index (χ4n) is 2.01.